The van der Waals surface area contributed by atoms with Gasteiger partial charge in [0.25, 0.3) is 0 Å². The Bertz CT molecular complexity index is 162. The minimum absolute atomic E-state index is 0.382. The molecule has 0 bridgehead atoms. The maximum atomic E-state index is 5.61. The Kier molecular flexibility index (Phi) is 4.39. The third-order valence-electron chi connectivity index (χ3n) is 3.31. The van der Waals surface area contributed by atoms with E-state index < -0.39 is 0 Å². The van der Waals surface area contributed by atoms with Gasteiger partial charge in [-0.05, 0) is 44.2 Å². The normalized spacial score (nSPS) is 18.6. The molecule has 0 aromatic rings. The molecule has 0 saturated heterocycles. The second kappa shape index (κ2) is 5.13. The van der Waals surface area contributed by atoms with E-state index in [4.69, 9.17) is 5.73 Å². The monoisotopic (exact) mass is 198 g/mol. The van der Waals surface area contributed by atoms with Gasteiger partial charge in [-0.15, -0.1) is 0 Å². The van der Waals surface area contributed by atoms with Crippen LogP contribution in [0.1, 0.15) is 39.5 Å². The van der Waals surface area contributed by atoms with E-state index in [9.17, 15) is 0 Å². The zero-order valence-corrected chi connectivity index (χ0v) is 10.1. The van der Waals surface area contributed by atoms with Gasteiger partial charge in [-0.25, -0.2) is 0 Å². The second-order valence-corrected chi connectivity index (χ2v) is 5.70. The molecule has 0 aromatic carbocycles. The van der Waals surface area contributed by atoms with Crippen LogP contribution in [0, 0.1) is 11.3 Å². The minimum Gasteiger partial charge on any atom is -0.330 e. The van der Waals surface area contributed by atoms with Crippen molar-refractivity contribution in [3.05, 3.63) is 0 Å². The molecule has 0 radical (unpaired) electrons. The third-order valence-corrected chi connectivity index (χ3v) is 3.31. The Hall–Kier alpha value is -0.0800. The van der Waals surface area contributed by atoms with Gasteiger partial charge in [0.1, 0.15) is 0 Å². The summed E-state index contributed by atoms with van der Waals surface area (Å²) < 4.78 is 0. The van der Waals surface area contributed by atoms with Crippen molar-refractivity contribution in [1.82, 2.24) is 4.90 Å². The first-order chi connectivity index (χ1) is 6.53. The van der Waals surface area contributed by atoms with Crippen molar-refractivity contribution >= 4 is 0 Å². The van der Waals surface area contributed by atoms with Gasteiger partial charge in [-0.1, -0.05) is 20.3 Å². The first-order valence-electron chi connectivity index (χ1n) is 5.92. The molecule has 0 spiro atoms. The summed E-state index contributed by atoms with van der Waals surface area (Å²) in [7, 11) is 2.25. The number of nitrogens with zero attached hydrogens (tertiary/aromatic N) is 1. The van der Waals surface area contributed by atoms with E-state index in [0.29, 0.717) is 5.41 Å². The summed E-state index contributed by atoms with van der Waals surface area (Å²) in [6.07, 6.45) is 5.47. The van der Waals surface area contributed by atoms with Crippen molar-refractivity contribution in [3.63, 3.8) is 0 Å². The van der Waals surface area contributed by atoms with Gasteiger partial charge < -0.3 is 10.6 Å². The Labute approximate surface area is 88.8 Å². The molecular formula is C12H26N2. The molecule has 0 aliphatic heterocycles. The molecule has 1 saturated carbocycles. The molecule has 1 aliphatic carbocycles. The van der Waals surface area contributed by atoms with E-state index in [2.05, 4.69) is 25.8 Å². The number of nitrogens with two attached hydrogens (primary N) is 1. The van der Waals surface area contributed by atoms with Gasteiger partial charge in [0, 0.05) is 13.1 Å². The summed E-state index contributed by atoms with van der Waals surface area (Å²) >= 11 is 0. The fourth-order valence-electron chi connectivity index (χ4n) is 2.38. The van der Waals surface area contributed by atoms with E-state index in [1.165, 1.54) is 32.4 Å². The molecule has 2 nitrogen and oxygen atoms in total. The van der Waals surface area contributed by atoms with E-state index >= 15 is 0 Å². The van der Waals surface area contributed by atoms with E-state index in [0.717, 1.165) is 18.9 Å². The smallest absolute Gasteiger partial charge is 0.00302 e. The molecule has 0 atom stereocenters. The fraction of sp³-hybridized carbons (Fsp3) is 1.00. The molecule has 0 unspecified atom stereocenters. The minimum atomic E-state index is 0.382. The van der Waals surface area contributed by atoms with Crippen molar-refractivity contribution in [2.45, 2.75) is 39.5 Å². The highest BCUT2D eigenvalue weighted by molar-refractivity contribution is 4.77. The molecule has 0 aromatic heterocycles. The summed E-state index contributed by atoms with van der Waals surface area (Å²) in [5.41, 5.74) is 5.99. The maximum absolute atomic E-state index is 5.61. The molecule has 0 amide bonds. The molecule has 14 heavy (non-hydrogen) atoms. The lowest BCUT2D eigenvalue weighted by molar-refractivity contribution is 0.149. The van der Waals surface area contributed by atoms with Crippen molar-refractivity contribution in [1.29, 1.82) is 0 Å². The second-order valence-electron chi connectivity index (χ2n) is 5.70. The molecule has 1 aliphatic rings. The van der Waals surface area contributed by atoms with Crippen LogP contribution in [0.4, 0.5) is 0 Å². The van der Waals surface area contributed by atoms with E-state index in [1.54, 1.807) is 0 Å². The Balaban J connectivity index is 2.20. The van der Waals surface area contributed by atoms with Gasteiger partial charge in [-0.3, -0.25) is 0 Å². The highest BCUT2D eigenvalue weighted by atomic mass is 15.1. The summed E-state index contributed by atoms with van der Waals surface area (Å²) in [5.74, 6) is 0.980. The Morgan fingerprint density at radius 3 is 2.43 bits per heavy atom. The maximum Gasteiger partial charge on any atom is 0.00302 e. The zero-order chi connectivity index (χ0) is 10.6. The van der Waals surface area contributed by atoms with Crippen LogP contribution >= 0.6 is 0 Å². The average Bonchev–Trinajstić information content (AvgIpc) is 1.95. The SMILES string of the molecule is CN(CC1CCC1)CC(C)(C)CCN. The summed E-state index contributed by atoms with van der Waals surface area (Å²) in [6.45, 7) is 7.91. The van der Waals surface area contributed by atoms with Crippen LogP contribution in [-0.4, -0.2) is 31.6 Å². The zero-order valence-electron chi connectivity index (χ0n) is 10.1. The first-order valence-corrected chi connectivity index (χ1v) is 5.92. The van der Waals surface area contributed by atoms with Crippen LogP contribution in [0.3, 0.4) is 0 Å². The lowest BCUT2D eigenvalue weighted by Crippen LogP contribution is -2.37. The summed E-state index contributed by atoms with van der Waals surface area (Å²) in [6, 6.07) is 0. The predicted molar refractivity (Wildman–Crippen MR) is 62.3 cm³/mol. The van der Waals surface area contributed by atoms with Gasteiger partial charge in [0.2, 0.25) is 0 Å². The third kappa shape index (κ3) is 3.97. The van der Waals surface area contributed by atoms with Crippen molar-refractivity contribution in [2.75, 3.05) is 26.7 Å². The van der Waals surface area contributed by atoms with Gasteiger partial charge in [0.05, 0.1) is 0 Å². The lowest BCUT2D eigenvalue weighted by Gasteiger charge is -2.35. The standard InChI is InChI=1S/C12H26N2/c1-12(2,7-8-13)10-14(3)9-11-5-4-6-11/h11H,4-10,13H2,1-3H3. The van der Waals surface area contributed by atoms with Crippen molar-refractivity contribution in [3.8, 4) is 0 Å². The van der Waals surface area contributed by atoms with Gasteiger partial charge in [-0.2, -0.15) is 0 Å². The van der Waals surface area contributed by atoms with Crippen LogP contribution in [-0.2, 0) is 0 Å². The molecule has 84 valence electrons. The largest absolute Gasteiger partial charge is 0.330 e. The van der Waals surface area contributed by atoms with Crippen LogP contribution in [0.2, 0.25) is 0 Å². The van der Waals surface area contributed by atoms with Crippen LogP contribution in [0.5, 0.6) is 0 Å². The highest BCUT2D eigenvalue weighted by Gasteiger charge is 2.23. The molecule has 1 fully saturated rings. The highest BCUT2D eigenvalue weighted by Crippen LogP contribution is 2.28. The van der Waals surface area contributed by atoms with Crippen LogP contribution in [0.15, 0.2) is 0 Å². The quantitative estimate of drug-likeness (QED) is 0.708. The predicted octanol–water partition coefficient (Wildman–Crippen LogP) is 2.09. The molecule has 2 heteroatoms. The van der Waals surface area contributed by atoms with E-state index in [-0.39, 0.29) is 0 Å². The first kappa shape index (κ1) is 12.0. The van der Waals surface area contributed by atoms with Crippen LogP contribution in [0.25, 0.3) is 0 Å². The molecule has 2 N–H and O–H groups in total. The lowest BCUT2D eigenvalue weighted by atomic mass is 9.84. The van der Waals surface area contributed by atoms with Crippen LogP contribution < -0.4 is 5.73 Å². The average molecular weight is 198 g/mol. The van der Waals surface area contributed by atoms with Crippen molar-refractivity contribution in [2.24, 2.45) is 17.1 Å². The summed E-state index contributed by atoms with van der Waals surface area (Å²) in [4.78, 5) is 2.49. The number of rotatable bonds is 6. The van der Waals surface area contributed by atoms with E-state index in [1.807, 2.05) is 0 Å². The Morgan fingerprint density at radius 2 is 2.00 bits per heavy atom. The summed E-state index contributed by atoms with van der Waals surface area (Å²) in [5, 5.41) is 0. The number of hydrogen-bond donors (Lipinski definition) is 1. The van der Waals surface area contributed by atoms with Gasteiger partial charge in [0.15, 0.2) is 0 Å². The molecule has 0 heterocycles. The topological polar surface area (TPSA) is 29.3 Å². The molecular weight excluding hydrogens is 172 g/mol. The Morgan fingerprint density at radius 1 is 1.36 bits per heavy atom. The fourth-order valence-corrected chi connectivity index (χ4v) is 2.38. The number of hydrogen-bond acceptors (Lipinski definition) is 2. The van der Waals surface area contributed by atoms with Crippen molar-refractivity contribution < 1.29 is 0 Å². The van der Waals surface area contributed by atoms with Gasteiger partial charge >= 0.3 is 0 Å². The molecule has 1 rings (SSSR count).